The first-order chi connectivity index (χ1) is 8.90. The monoisotopic (exact) mass is 293 g/mol. The lowest BCUT2D eigenvalue weighted by molar-refractivity contribution is 0.157. The average molecular weight is 293 g/mol. The molecular formula is C11H23N3O4S. The molecular weight excluding hydrogens is 270 g/mol. The van der Waals surface area contributed by atoms with E-state index in [-0.39, 0.29) is 12.5 Å². The third-order valence-electron chi connectivity index (χ3n) is 3.16. The van der Waals surface area contributed by atoms with E-state index >= 15 is 0 Å². The molecule has 0 radical (unpaired) electrons. The highest BCUT2D eigenvalue weighted by Crippen LogP contribution is 2.18. The minimum atomic E-state index is -3.80. The molecule has 2 unspecified atom stereocenters. The molecule has 1 saturated heterocycles. The molecule has 0 aromatic heterocycles. The van der Waals surface area contributed by atoms with Crippen molar-refractivity contribution < 1.29 is 17.9 Å². The van der Waals surface area contributed by atoms with Gasteiger partial charge < -0.3 is 10.1 Å². The number of piperidine rings is 1. The Labute approximate surface area is 114 Å². The molecule has 1 amide bonds. The van der Waals surface area contributed by atoms with E-state index < -0.39 is 16.3 Å². The zero-order valence-corrected chi connectivity index (χ0v) is 12.5. The van der Waals surface area contributed by atoms with E-state index in [0.29, 0.717) is 19.1 Å². The Morgan fingerprint density at radius 3 is 2.63 bits per heavy atom. The standard InChI is InChI=1S/C11H23N3O4S/c1-4-12-10-6-7-14(8-9(10)3)19(16,17)13-11(15)18-5-2/h9-10,12H,4-8H2,1-3H3,(H,13,15). The van der Waals surface area contributed by atoms with Crippen molar-refractivity contribution in [2.24, 2.45) is 5.92 Å². The normalized spacial score (nSPS) is 25.0. The Hall–Kier alpha value is -0.860. The van der Waals surface area contributed by atoms with Gasteiger partial charge in [-0.3, -0.25) is 0 Å². The molecule has 0 bridgehead atoms. The highest BCUT2D eigenvalue weighted by Gasteiger charge is 2.33. The number of nitrogens with one attached hydrogen (secondary N) is 2. The average Bonchev–Trinajstić information content (AvgIpc) is 2.31. The van der Waals surface area contributed by atoms with E-state index in [1.807, 2.05) is 18.6 Å². The molecule has 2 atom stereocenters. The summed E-state index contributed by atoms with van der Waals surface area (Å²) in [6.07, 6.45) is -0.192. The summed E-state index contributed by atoms with van der Waals surface area (Å²) in [6.45, 7) is 7.44. The first kappa shape index (κ1) is 16.2. The van der Waals surface area contributed by atoms with Gasteiger partial charge in [-0.25, -0.2) is 9.52 Å². The molecule has 1 fully saturated rings. The van der Waals surface area contributed by atoms with Gasteiger partial charge >= 0.3 is 16.3 Å². The zero-order valence-electron chi connectivity index (χ0n) is 11.7. The Kier molecular flexibility index (Phi) is 6.02. The van der Waals surface area contributed by atoms with Crippen LogP contribution < -0.4 is 10.0 Å². The summed E-state index contributed by atoms with van der Waals surface area (Å²) in [5, 5.41) is 3.33. The first-order valence-corrected chi connectivity index (χ1v) is 8.02. The van der Waals surface area contributed by atoms with Crippen LogP contribution in [-0.4, -0.2) is 51.1 Å². The zero-order chi connectivity index (χ0) is 14.5. The van der Waals surface area contributed by atoms with Gasteiger partial charge in [0.15, 0.2) is 0 Å². The molecule has 0 aromatic carbocycles. The molecule has 112 valence electrons. The summed E-state index contributed by atoms with van der Waals surface area (Å²) in [5.74, 6) is 0.201. The maximum atomic E-state index is 12.0. The third kappa shape index (κ3) is 4.63. The van der Waals surface area contributed by atoms with Crippen molar-refractivity contribution in [3.63, 3.8) is 0 Å². The van der Waals surface area contributed by atoms with Crippen molar-refractivity contribution in [1.82, 2.24) is 14.3 Å². The van der Waals surface area contributed by atoms with Gasteiger partial charge in [-0.15, -0.1) is 0 Å². The van der Waals surface area contributed by atoms with Crippen LogP contribution in [0.4, 0.5) is 4.79 Å². The van der Waals surface area contributed by atoms with Crippen molar-refractivity contribution in [2.45, 2.75) is 33.2 Å². The lowest BCUT2D eigenvalue weighted by Gasteiger charge is -2.36. The van der Waals surface area contributed by atoms with Crippen molar-refractivity contribution >= 4 is 16.3 Å². The number of amides is 1. The van der Waals surface area contributed by atoms with E-state index in [4.69, 9.17) is 0 Å². The second-order valence-corrected chi connectivity index (χ2v) is 6.29. The van der Waals surface area contributed by atoms with Crippen LogP contribution in [0.3, 0.4) is 0 Å². The van der Waals surface area contributed by atoms with Gasteiger partial charge in [-0.1, -0.05) is 13.8 Å². The van der Waals surface area contributed by atoms with E-state index in [0.717, 1.165) is 13.0 Å². The van der Waals surface area contributed by atoms with E-state index in [1.54, 1.807) is 6.92 Å². The fourth-order valence-electron chi connectivity index (χ4n) is 2.22. The van der Waals surface area contributed by atoms with Gasteiger partial charge in [-0.2, -0.15) is 12.7 Å². The molecule has 0 aromatic rings. The van der Waals surface area contributed by atoms with Crippen LogP contribution in [0.2, 0.25) is 0 Å². The maximum Gasteiger partial charge on any atom is 0.421 e. The molecule has 7 nitrogen and oxygen atoms in total. The molecule has 0 spiro atoms. The van der Waals surface area contributed by atoms with Crippen molar-refractivity contribution in [3.8, 4) is 0 Å². The topological polar surface area (TPSA) is 87.7 Å². The fraction of sp³-hybridized carbons (Fsp3) is 0.909. The molecule has 1 rings (SSSR count). The lowest BCUT2D eigenvalue weighted by Crippen LogP contribution is -2.53. The van der Waals surface area contributed by atoms with Crippen molar-refractivity contribution in [3.05, 3.63) is 0 Å². The third-order valence-corrected chi connectivity index (χ3v) is 4.60. The predicted octanol–water partition coefficient (Wildman–Crippen LogP) is 0.297. The summed E-state index contributed by atoms with van der Waals surface area (Å²) in [5.41, 5.74) is 0. The van der Waals surface area contributed by atoms with Crippen LogP contribution in [-0.2, 0) is 14.9 Å². The number of carbonyl (C=O) groups excluding carboxylic acids is 1. The molecule has 1 aliphatic heterocycles. The number of nitrogens with zero attached hydrogens (tertiary/aromatic N) is 1. The van der Waals surface area contributed by atoms with Gasteiger partial charge in [0.1, 0.15) is 0 Å². The van der Waals surface area contributed by atoms with E-state index in [2.05, 4.69) is 10.1 Å². The second-order valence-electron chi connectivity index (χ2n) is 4.62. The highest BCUT2D eigenvalue weighted by molar-refractivity contribution is 7.87. The van der Waals surface area contributed by atoms with Crippen LogP contribution in [0.15, 0.2) is 0 Å². The summed E-state index contributed by atoms with van der Waals surface area (Å²) < 4.78 is 31.7. The molecule has 1 heterocycles. The quantitative estimate of drug-likeness (QED) is 0.761. The van der Waals surface area contributed by atoms with Gasteiger partial charge in [0.05, 0.1) is 6.61 Å². The molecule has 0 aliphatic carbocycles. The van der Waals surface area contributed by atoms with Gasteiger partial charge in [0.2, 0.25) is 0 Å². The first-order valence-electron chi connectivity index (χ1n) is 6.58. The summed E-state index contributed by atoms with van der Waals surface area (Å²) in [6, 6.07) is 0.319. The number of carbonyl (C=O) groups is 1. The van der Waals surface area contributed by atoms with Gasteiger partial charge in [-0.05, 0) is 25.8 Å². The smallest absolute Gasteiger partial charge is 0.421 e. The van der Waals surface area contributed by atoms with E-state index in [1.165, 1.54) is 4.31 Å². The Morgan fingerprint density at radius 1 is 1.42 bits per heavy atom. The number of rotatable bonds is 5. The molecule has 19 heavy (non-hydrogen) atoms. The van der Waals surface area contributed by atoms with Crippen LogP contribution in [0.25, 0.3) is 0 Å². The second kappa shape index (κ2) is 7.06. The number of hydrogen-bond acceptors (Lipinski definition) is 5. The maximum absolute atomic E-state index is 12.0. The molecule has 2 N–H and O–H groups in total. The fourth-order valence-corrected chi connectivity index (χ4v) is 3.40. The van der Waals surface area contributed by atoms with Crippen LogP contribution in [0.5, 0.6) is 0 Å². The Morgan fingerprint density at radius 2 is 2.11 bits per heavy atom. The van der Waals surface area contributed by atoms with Crippen LogP contribution in [0, 0.1) is 5.92 Å². The molecule has 0 saturated carbocycles. The van der Waals surface area contributed by atoms with Crippen molar-refractivity contribution in [2.75, 3.05) is 26.2 Å². The van der Waals surface area contributed by atoms with Crippen LogP contribution >= 0.6 is 0 Å². The van der Waals surface area contributed by atoms with E-state index in [9.17, 15) is 13.2 Å². The van der Waals surface area contributed by atoms with Gasteiger partial charge in [0.25, 0.3) is 0 Å². The molecule has 1 aliphatic rings. The minimum absolute atomic E-state index is 0.139. The summed E-state index contributed by atoms with van der Waals surface area (Å²) in [4.78, 5) is 11.2. The highest BCUT2D eigenvalue weighted by atomic mass is 32.2. The Balaban J connectivity index is 2.59. The largest absolute Gasteiger partial charge is 0.449 e. The lowest BCUT2D eigenvalue weighted by atomic mass is 9.95. The number of ether oxygens (including phenoxy) is 1. The Bertz CT molecular complexity index is 399. The van der Waals surface area contributed by atoms with Crippen molar-refractivity contribution in [1.29, 1.82) is 0 Å². The SMILES string of the molecule is CCNC1CCN(S(=O)(=O)NC(=O)OCC)CC1C. The predicted molar refractivity (Wildman–Crippen MR) is 71.9 cm³/mol. The minimum Gasteiger partial charge on any atom is -0.449 e. The molecule has 8 heteroatoms. The van der Waals surface area contributed by atoms with Gasteiger partial charge in [0, 0.05) is 19.1 Å². The summed E-state index contributed by atoms with van der Waals surface area (Å²) in [7, 11) is -3.80. The summed E-state index contributed by atoms with van der Waals surface area (Å²) >= 11 is 0. The van der Waals surface area contributed by atoms with Crippen LogP contribution in [0.1, 0.15) is 27.2 Å². The number of hydrogen-bond donors (Lipinski definition) is 2.